The molecule has 2 aliphatic heterocycles. The number of ether oxygens (including phenoxy) is 1. The lowest BCUT2D eigenvalue weighted by atomic mass is 9.52. The molecule has 0 amide bonds. The molecule has 2 heterocycles. The van der Waals surface area contributed by atoms with Crippen molar-refractivity contribution in [3.8, 4) is 0 Å². The third-order valence-electron chi connectivity index (χ3n) is 5.38. The Morgan fingerprint density at radius 1 is 0.889 bits per heavy atom. The van der Waals surface area contributed by atoms with Gasteiger partial charge in [0.15, 0.2) is 0 Å². The molecular weight excluding hydrogens is 220 g/mol. The van der Waals surface area contributed by atoms with E-state index in [0.29, 0.717) is 5.92 Å². The summed E-state index contributed by atoms with van der Waals surface area (Å²) in [5, 5.41) is -0.613. The highest BCUT2D eigenvalue weighted by molar-refractivity contribution is 6.40. The lowest BCUT2D eigenvalue weighted by Gasteiger charge is -2.44. The van der Waals surface area contributed by atoms with Crippen LogP contribution in [0.1, 0.15) is 38.5 Å². The summed E-state index contributed by atoms with van der Waals surface area (Å²) in [7, 11) is 13.0. The third-order valence-corrected chi connectivity index (χ3v) is 5.38. The maximum atomic E-state index is 6.52. The van der Waals surface area contributed by atoms with Gasteiger partial charge in [-0.25, -0.2) is 0 Å². The predicted molar refractivity (Wildman–Crippen MR) is 74.8 cm³/mol. The zero-order valence-corrected chi connectivity index (χ0v) is 11.3. The van der Waals surface area contributed by atoms with Crippen molar-refractivity contribution in [2.24, 2.45) is 17.8 Å². The first-order valence-corrected chi connectivity index (χ1v) is 7.58. The normalized spacial score (nSPS) is 38.6. The predicted octanol–water partition coefficient (Wildman–Crippen LogP) is 1.53. The molecule has 3 fully saturated rings. The van der Waals surface area contributed by atoms with E-state index in [9.17, 15) is 0 Å². The quantitative estimate of drug-likeness (QED) is 0.682. The maximum Gasteiger partial charge on any atom is 0.0828 e. The number of nitrogens with zero attached hydrogens (tertiary/aromatic N) is 1. The van der Waals surface area contributed by atoms with Crippen LogP contribution in [0.4, 0.5) is 0 Å². The Labute approximate surface area is 114 Å². The highest BCUT2D eigenvalue weighted by atomic mass is 16.5. The molecule has 2 saturated heterocycles. The van der Waals surface area contributed by atoms with E-state index in [-0.39, 0.29) is 0 Å². The van der Waals surface area contributed by atoms with Gasteiger partial charge < -0.3 is 9.64 Å². The van der Waals surface area contributed by atoms with Gasteiger partial charge in [0.1, 0.15) is 0 Å². The molecule has 2 nitrogen and oxygen atoms in total. The largest absolute Gasteiger partial charge is 0.381 e. The molecule has 0 bridgehead atoms. The third kappa shape index (κ3) is 2.38. The maximum absolute atomic E-state index is 6.52. The second kappa shape index (κ2) is 5.20. The topological polar surface area (TPSA) is 12.5 Å². The second-order valence-electron chi connectivity index (χ2n) is 6.48. The summed E-state index contributed by atoms with van der Waals surface area (Å²) in [6, 6.07) is 0. The molecule has 0 N–H and O–H groups in total. The molecule has 3 rings (SSSR count). The summed E-state index contributed by atoms with van der Waals surface area (Å²) in [6.07, 6.45) is 7.39. The Bertz CT molecular complexity index is 278. The summed E-state index contributed by atoms with van der Waals surface area (Å²) >= 11 is 0. The first kappa shape index (κ1) is 13.1. The first-order chi connectivity index (χ1) is 8.68. The van der Waals surface area contributed by atoms with Gasteiger partial charge in [0.25, 0.3) is 0 Å². The van der Waals surface area contributed by atoms with Crippen LogP contribution in [0.5, 0.6) is 0 Å². The van der Waals surface area contributed by atoms with E-state index in [4.69, 9.17) is 20.4 Å². The summed E-state index contributed by atoms with van der Waals surface area (Å²) in [6.45, 7) is 3.93. The standard InChI is InChI=1S/C14H23B2NO/c15-14(16,13-5-2-7-18-8-6-13)17-9-11-3-1-4-12(11)10-17/h11-13H,1-10H2. The number of rotatable bonds is 2. The van der Waals surface area contributed by atoms with Crippen LogP contribution in [0.25, 0.3) is 0 Å². The van der Waals surface area contributed by atoms with E-state index in [2.05, 4.69) is 4.90 Å². The van der Waals surface area contributed by atoms with Crippen molar-refractivity contribution in [1.82, 2.24) is 4.90 Å². The summed E-state index contributed by atoms with van der Waals surface area (Å²) < 4.78 is 5.53. The van der Waals surface area contributed by atoms with E-state index in [1.807, 2.05) is 0 Å². The fourth-order valence-corrected chi connectivity index (χ4v) is 4.18. The molecule has 3 atom stereocenters. The van der Waals surface area contributed by atoms with Crippen molar-refractivity contribution < 1.29 is 4.74 Å². The van der Waals surface area contributed by atoms with Crippen molar-refractivity contribution in [3.63, 3.8) is 0 Å². The Kier molecular flexibility index (Phi) is 3.77. The molecule has 0 aromatic heterocycles. The van der Waals surface area contributed by atoms with Crippen LogP contribution in [-0.2, 0) is 4.74 Å². The minimum atomic E-state index is -0.613. The van der Waals surface area contributed by atoms with E-state index < -0.39 is 5.34 Å². The molecule has 4 radical (unpaired) electrons. The lowest BCUT2D eigenvalue weighted by Crippen LogP contribution is -2.54. The molecule has 0 aromatic carbocycles. The van der Waals surface area contributed by atoms with Crippen LogP contribution in [0.2, 0.25) is 0 Å². The zero-order chi connectivity index (χ0) is 12.6. The highest BCUT2D eigenvalue weighted by Gasteiger charge is 2.43. The average molecular weight is 243 g/mol. The van der Waals surface area contributed by atoms with Crippen LogP contribution < -0.4 is 0 Å². The Morgan fingerprint density at radius 3 is 2.33 bits per heavy atom. The SMILES string of the molecule is [B]C([B])(C1CCCOCC1)N1CC2CCCC2C1. The Balaban J connectivity index is 1.65. The van der Waals surface area contributed by atoms with Gasteiger partial charge in [0, 0.05) is 26.3 Å². The minimum absolute atomic E-state index is 0.388. The van der Waals surface area contributed by atoms with Crippen molar-refractivity contribution in [2.75, 3.05) is 26.3 Å². The fourth-order valence-electron chi connectivity index (χ4n) is 4.18. The smallest absolute Gasteiger partial charge is 0.0828 e. The van der Waals surface area contributed by atoms with Gasteiger partial charge in [-0.05, 0) is 49.9 Å². The second-order valence-corrected chi connectivity index (χ2v) is 6.48. The van der Waals surface area contributed by atoms with Gasteiger partial charge in [0.2, 0.25) is 0 Å². The van der Waals surface area contributed by atoms with Crippen LogP contribution >= 0.6 is 0 Å². The van der Waals surface area contributed by atoms with Gasteiger partial charge in [-0.2, -0.15) is 0 Å². The number of fused-ring (bicyclic) bond motifs is 1. The van der Waals surface area contributed by atoms with Crippen LogP contribution in [0.3, 0.4) is 0 Å². The van der Waals surface area contributed by atoms with Crippen LogP contribution in [0, 0.1) is 17.8 Å². The highest BCUT2D eigenvalue weighted by Crippen LogP contribution is 2.41. The zero-order valence-electron chi connectivity index (χ0n) is 11.3. The minimum Gasteiger partial charge on any atom is -0.381 e. The molecule has 18 heavy (non-hydrogen) atoms. The molecule has 4 heteroatoms. The van der Waals surface area contributed by atoms with Gasteiger partial charge in [-0.1, -0.05) is 11.8 Å². The molecule has 3 aliphatic rings. The molecule has 1 saturated carbocycles. The van der Waals surface area contributed by atoms with E-state index in [1.54, 1.807) is 0 Å². The van der Waals surface area contributed by atoms with E-state index >= 15 is 0 Å². The van der Waals surface area contributed by atoms with Gasteiger partial charge in [0.05, 0.1) is 15.7 Å². The molecular formula is C14H23B2NO. The number of likely N-dealkylation sites (tertiary alicyclic amines) is 1. The van der Waals surface area contributed by atoms with Crippen molar-refractivity contribution >= 4 is 15.7 Å². The Morgan fingerprint density at radius 2 is 1.61 bits per heavy atom. The number of hydrogen-bond donors (Lipinski definition) is 0. The monoisotopic (exact) mass is 243 g/mol. The molecule has 96 valence electrons. The van der Waals surface area contributed by atoms with Crippen molar-refractivity contribution in [3.05, 3.63) is 0 Å². The summed E-state index contributed by atoms with van der Waals surface area (Å²) in [4.78, 5) is 2.37. The number of hydrogen-bond acceptors (Lipinski definition) is 2. The van der Waals surface area contributed by atoms with Crippen molar-refractivity contribution in [2.45, 2.75) is 43.9 Å². The van der Waals surface area contributed by atoms with Crippen molar-refractivity contribution in [1.29, 1.82) is 0 Å². The fraction of sp³-hybridized carbons (Fsp3) is 1.00. The molecule has 0 spiro atoms. The molecule has 3 unspecified atom stereocenters. The van der Waals surface area contributed by atoms with E-state index in [0.717, 1.165) is 57.4 Å². The lowest BCUT2D eigenvalue weighted by molar-refractivity contribution is 0.131. The van der Waals surface area contributed by atoms with Crippen LogP contribution in [-0.4, -0.2) is 52.2 Å². The Hall–Kier alpha value is 0.0499. The molecule has 1 aliphatic carbocycles. The summed E-state index contributed by atoms with van der Waals surface area (Å²) in [5.74, 6) is 2.11. The van der Waals surface area contributed by atoms with Gasteiger partial charge >= 0.3 is 0 Å². The van der Waals surface area contributed by atoms with Crippen LogP contribution in [0.15, 0.2) is 0 Å². The van der Waals surface area contributed by atoms with Gasteiger partial charge in [-0.15, -0.1) is 0 Å². The van der Waals surface area contributed by atoms with E-state index in [1.165, 1.54) is 19.3 Å². The molecule has 0 aromatic rings. The summed E-state index contributed by atoms with van der Waals surface area (Å²) in [5.41, 5.74) is 0. The average Bonchev–Trinajstić information content (AvgIpc) is 2.80. The van der Waals surface area contributed by atoms with Gasteiger partial charge in [-0.3, -0.25) is 0 Å². The first-order valence-electron chi connectivity index (χ1n) is 7.58.